The quantitative estimate of drug-likeness (QED) is 0.579. The highest BCUT2D eigenvalue weighted by Crippen LogP contribution is 2.15. The predicted octanol–water partition coefficient (Wildman–Crippen LogP) is 1.64. The number of carbonyl (C=O) groups excluding carboxylic acids is 2. The van der Waals surface area contributed by atoms with Crippen molar-refractivity contribution in [3.05, 3.63) is 36.0 Å². The highest BCUT2D eigenvalue weighted by molar-refractivity contribution is 7.89. The van der Waals surface area contributed by atoms with Crippen molar-refractivity contribution in [1.82, 2.24) is 14.9 Å². The van der Waals surface area contributed by atoms with Crippen LogP contribution in [0.2, 0.25) is 0 Å². The molecule has 0 aliphatic carbocycles. The summed E-state index contributed by atoms with van der Waals surface area (Å²) in [6, 6.07) is 4.40. The van der Waals surface area contributed by atoms with Gasteiger partial charge in [-0.1, -0.05) is 19.0 Å². The van der Waals surface area contributed by atoms with Crippen LogP contribution >= 0.6 is 0 Å². The summed E-state index contributed by atoms with van der Waals surface area (Å²) in [4.78, 5) is 27.2. The molecule has 0 saturated heterocycles. The second kappa shape index (κ2) is 9.61. The predicted molar refractivity (Wildman–Crippen MR) is 103 cm³/mol. The van der Waals surface area contributed by atoms with Crippen LogP contribution < -0.4 is 10.0 Å². The SMILES string of the molecule is CC(=O)Nc1ccc(S(=O)(=O)N[C@@H](C)C(=O)OCc2nc(CC(C)C)no2)cc1. The van der Waals surface area contributed by atoms with Crippen LogP contribution in [0.5, 0.6) is 0 Å². The number of aromatic nitrogens is 2. The van der Waals surface area contributed by atoms with Crippen LogP contribution in [0.15, 0.2) is 33.7 Å². The van der Waals surface area contributed by atoms with Gasteiger partial charge in [-0.15, -0.1) is 0 Å². The number of ether oxygens (including phenoxy) is 1. The van der Waals surface area contributed by atoms with Gasteiger partial charge in [-0.25, -0.2) is 8.42 Å². The van der Waals surface area contributed by atoms with Gasteiger partial charge in [-0.3, -0.25) is 9.59 Å². The first kappa shape index (κ1) is 22.5. The van der Waals surface area contributed by atoms with E-state index in [-0.39, 0.29) is 23.3 Å². The molecule has 1 atom stereocenters. The summed E-state index contributed by atoms with van der Waals surface area (Å²) >= 11 is 0. The third kappa shape index (κ3) is 6.95. The highest BCUT2D eigenvalue weighted by atomic mass is 32.2. The molecule has 29 heavy (non-hydrogen) atoms. The molecule has 0 aliphatic rings. The number of rotatable bonds is 9. The number of hydrogen-bond acceptors (Lipinski definition) is 8. The third-order valence-electron chi connectivity index (χ3n) is 3.61. The summed E-state index contributed by atoms with van der Waals surface area (Å²) in [5.74, 6) is -0.0513. The minimum absolute atomic E-state index is 0.0542. The molecule has 2 aromatic rings. The van der Waals surface area contributed by atoms with Crippen molar-refractivity contribution in [2.75, 3.05) is 5.32 Å². The van der Waals surface area contributed by atoms with E-state index in [1.165, 1.54) is 38.1 Å². The van der Waals surface area contributed by atoms with Crippen LogP contribution in [-0.4, -0.2) is 36.5 Å². The minimum atomic E-state index is -3.96. The Bertz CT molecular complexity index is 953. The molecular formula is C18H24N4O6S. The van der Waals surface area contributed by atoms with Gasteiger partial charge >= 0.3 is 5.97 Å². The van der Waals surface area contributed by atoms with Crippen LogP contribution in [0.4, 0.5) is 5.69 Å². The summed E-state index contributed by atoms with van der Waals surface area (Å²) in [5.41, 5.74) is 0.459. The Morgan fingerprint density at radius 1 is 1.17 bits per heavy atom. The molecule has 1 heterocycles. The number of esters is 1. The Labute approximate surface area is 169 Å². The van der Waals surface area contributed by atoms with Gasteiger partial charge in [0.2, 0.25) is 15.9 Å². The molecule has 1 aromatic carbocycles. The molecule has 158 valence electrons. The maximum Gasteiger partial charge on any atom is 0.324 e. The summed E-state index contributed by atoms with van der Waals surface area (Å²) < 4.78 is 37.1. The first-order chi connectivity index (χ1) is 13.6. The molecule has 2 N–H and O–H groups in total. The second-order valence-corrected chi connectivity index (χ2v) is 8.57. The summed E-state index contributed by atoms with van der Waals surface area (Å²) in [5, 5.41) is 6.33. The molecule has 10 nitrogen and oxygen atoms in total. The van der Waals surface area contributed by atoms with Crippen LogP contribution in [0.1, 0.15) is 39.4 Å². The Hall–Kier alpha value is -2.79. The summed E-state index contributed by atoms with van der Waals surface area (Å²) in [6.45, 7) is 6.48. The molecule has 11 heteroatoms. The van der Waals surface area contributed by atoms with Crippen LogP contribution in [0.3, 0.4) is 0 Å². The lowest BCUT2D eigenvalue weighted by Gasteiger charge is -2.13. The molecule has 1 aromatic heterocycles. The fourth-order valence-corrected chi connectivity index (χ4v) is 3.52. The van der Waals surface area contributed by atoms with E-state index in [0.29, 0.717) is 23.9 Å². The number of anilines is 1. The zero-order chi connectivity index (χ0) is 21.6. The molecule has 0 unspecified atom stereocenters. The van der Waals surface area contributed by atoms with Gasteiger partial charge in [0.1, 0.15) is 6.04 Å². The van der Waals surface area contributed by atoms with E-state index >= 15 is 0 Å². The Balaban J connectivity index is 1.92. The molecule has 0 aliphatic heterocycles. The molecule has 2 rings (SSSR count). The lowest BCUT2D eigenvalue weighted by atomic mass is 10.1. The van der Waals surface area contributed by atoms with Crippen molar-refractivity contribution in [2.45, 2.75) is 51.7 Å². The first-order valence-corrected chi connectivity index (χ1v) is 10.4. The molecule has 0 radical (unpaired) electrons. The lowest BCUT2D eigenvalue weighted by molar-refractivity contribution is -0.147. The maximum atomic E-state index is 12.4. The standard InChI is InChI=1S/C18H24N4O6S/c1-11(2)9-16-20-17(28-21-16)10-27-18(24)12(3)22-29(25,26)15-7-5-14(6-8-15)19-13(4)23/h5-8,11-12,22H,9-10H2,1-4H3,(H,19,23)/t12-/m0/s1. The fraction of sp³-hybridized carbons (Fsp3) is 0.444. The van der Waals surface area contributed by atoms with Gasteiger partial charge in [0, 0.05) is 19.0 Å². The van der Waals surface area contributed by atoms with Crippen molar-refractivity contribution < 1.29 is 27.3 Å². The minimum Gasteiger partial charge on any atom is -0.454 e. The van der Waals surface area contributed by atoms with E-state index in [9.17, 15) is 18.0 Å². The van der Waals surface area contributed by atoms with E-state index in [2.05, 4.69) is 20.2 Å². The second-order valence-electron chi connectivity index (χ2n) is 6.86. The Morgan fingerprint density at radius 3 is 2.41 bits per heavy atom. The van der Waals surface area contributed by atoms with Gasteiger partial charge < -0.3 is 14.6 Å². The highest BCUT2D eigenvalue weighted by Gasteiger charge is 2.24. The van der Waals surface area contributed by atoms with Gasteiger partial charge in [-0.05, 0) is 37.1 Å². The smallest absolute Gasteiger partial charge is 0.324 e. The van der Waals surface area contributed by atoms with E-state index in [1.807, 2.05) is 13.8 Å². The molecule has 1 amide bonds. The zero-order valence-electron chi connectivity index (χ0n) is 16.6. The number of hydrogen-bond donors (Lipinski definition) is 2. The normalized spacial score (nSPS) is 12.6. The summed E-state index contributed by atoms with van der Waals surface area (Å²) in [6.07, 6.45) is 0.633. The topological polar surface area (TPSA) is 140 Å². The van der Waals surface area contributed by atoms with Crippen LogP contribution in [-0.2, 0) is 37.4 Å². The fourth-order valence-electron chi connectivity index (χ4n) is 2.32. The van der Waals surface area contributed by atoms with E-state index in [1.54, 1.807) is 0 Å². The molecular weight excluding hydrogens is 400 g/mol. The van der Waals surface area contributed by atoms with Crippen LogP contribution in [0, 0.1) is 5.92 Å². The van der Waals surface area contributed by atoms with Gasteiger partial charge in [0.05, 0.1) is 4.90 Å². The maximum absolute atomic E-state index is 12.4. The molecule has 0 fully saturated rings. The summed E-state index contributed by atoms with van der Waals surface area (Å²) in [7, 11) is -3.96. The number of nitrogens with zero attached hydrogens (tertiary/aromatic N) is 2. The van der Waals surface area contributed by atoms with Crippen molar-refractivity contribution in [3.8, 4) is 0 Å². The zero-order valence-corrected chi connectivity index (χ0v) is 17.4. The Kier molecular flexibility index (Phi) is 7.46. The van der Waals surface area contributed by atoms with Crippen LogP contribution in [0.25, 0.3) is 0 Å². The number of nitrogens with one attached hydrogen (secondary N) is 2. The van der Waals surface area contributed by atoms with Gasteiger partial charge in [-0.2, -0.15) is 9.71 Å². The van der Waals surface area contributed by atoms with E-state index in [0.717, 1.165) is 0 Å². The first-order valence-electron chi connectivity index (χ1n) is 8.95. The molecule has 0 bridgehead atoms. The third-order valence-corrected chi connectivity index (χ3v) is 5.17. The number of amides is 1. The lowest BCUT2D eigenvalue weighted by Crippen LogP contribution is -2.39. The Morgan fingerprint density at radius 2 is 1.83 bits per heavy atom. The van der Waals surface area contributed by atoms with Gasteiger partial charge in [0.25, 0.3) is 5.89 Å². The van der Waals surface area contributed by atoms with Crippen molar-refractivity contribution >= 4 is 27.6 Å². The van der Waals surface area contributed by atoms with Gasteiger partial charge in [0.15, 0.2) is 12.4 Å². The monoisotopic (exact) mass is 424 g/mol. The average Bonchev–Trinajstić information content (AvgIpc) is 3.05. The van der Waals surface area contributed by atoms with E-state index in [4.69, 9.17) is 9.26 Å². The molecule has 0 saturated carbocycles. The van der Waals surface area contributed by atoms with Crippen molar-refractivity contribution in [1.29, 1.82) is 0 Å². The van der Waals surface area contributed by atoms with Crippen molar-refractivity contribution in [2.24, 2.45) is 5.92 Å². The number of carbonyl (C=O) groups is 2. The van der Waals surface area contributed by atoms with E-state index < -0.39 is 22.0 Å². The average molecular weight is 424 g/mol. The number of sulfonamides is 1. The largest absolute Gasteiger partial charge is 0.454 e. The molecule has 0 spiro atoms. The number of benzene rings is 1. The van der Waals surface area contributed by atoms with Crippen molar-refractivity contribution in [3.63, 3.8) is 0 Å².